The standard InChI is InChI=1S/C12H19N3/c1-4-12-14-8(2)11(9(3)15-12)7-13-10-5-6-10/h10,13H,4-7H2,1-3H3. The van der Waals surface area contributed by atoms with Crippen LogP contribution in [0.25, 0.3) is 0 Å². The minimum Gasteiger partial charge on any atom is -0.310 e. The van der Waals surface area contributed by atoms with Crippen molar-refractivity contribution in [2.24, 2.45) is 0 Å². The number of aryl methyl sites for hydroxylation is 3. The summed E-state index contributed by atoms with van der Waals surface area (Å²) in [4.78, 5) is 9.00. The Morgan fingerprint density at radius 2 is 1.80 bits per heavy atom. The number of hydrogen-bond donors (Lipinski definition) is 1. The average molecular weight is 205 g/mol. The zero-order valence-electron chi connectivity index (χ0n) is 9.80. The first-order valence-electron chi connectivity index (χ1n) is 5.77. The Bertz CT molecular complexity index is 333. The first-order valence-corrected chi connectivity index (χ1v) is 5.77. The molecule has 1 saturated carbocycles. The molecule has 0 unspecified atom stereocenters. The number of nitrogens with one attached hydrogen (secondary N) is 1. The van der Waals surface area contributed by atoms with Crippen molar-refractivity contribution in [2.45, 2.75) is 52.6 Å². The van der Waals surface area contributed by atoms with Gasteiger partial charge in [0.1, 0.15) is 5.82 Å². The summed E-state index contributed by atoms with van der Waals surface area (Å²) in [6.45, 7) is 7.18. The molecule has 0 atom stereocenters. The summed E-state index contributed by atoms with van der Waals surface area (Å²) in [6, 6.07) is 0.745. The largest absolute Gasteiger partial charge is 0.310 e. The van der Waals surface area contributed by atoms with Crippen molar-refractivity contribution in [3.05, 3.63) is 22.8 Å². The molecule has 0 amide bonds. The Labute approximate surface area is 91.3 Å². The van der Waals surface area contributed by atoms with Crippen LogP contribution in [0.15, 0.2) is 0 Å². The van der Waals surface area contributed by atoms with Crippen LogP contribution in [0.1, 0.15) is 42.5 Å². The molecular formula is C12H19N3. The molecule has 3 heteroatoms. The second kappa shape index (κ2) is 4.27. The van der Waals surface area contributed by atoms with Crippen molar-refractivity contribution in [1.29, 1.82) is 0 Å². The van der Waals surface area contributed by atoms with E-state index in [9.17, 15) is 0 Å². The third-order valence-electron chi connectivity index (χ3n) is 2.93. The topological polar surface area (TPSA) is 37.8 Å². The fourth-order valence-corrected chi connectivity index (χ4v) is 1.76. The number of hydrogen-bond acceptors (Lipinski definition) is 3. The van der Waals surface area contributed by atoms with Gasteiger partial charge in [0.05, 0.1) is 0 Å². The van der Waals surface area contributed by atoms with Crippen LogP contribution >= 0.6 is 0 Å². The highest BCUT2D eigenvalue weighted by Crippen LogP contribution is 2.20. The molecule has 15 heavy (non-hydrogen) atoms. The predicted molar refractivity (Wildman–Crippen MR) is 60.7 cm³/mol. The molecule has 3 nitrogen and oxygen atoms in total. The molecule has 0 bridgehead atoms. The Kier molecular flexibility index (Phi) is 3.00. The number of aromatic nitrogens is 2. The van der Waals surface area contributed by atoms with E-state index in [1.165, 1.54) is 18.4 Å². The molecule has 82 valence electrons. The van der Waals surface area contributed by atoms with E-state index < -0.39 is 0 Å². The smallest absolute Gasteiger partial charge is 0.128 e. The van der Waals surface area contributed by atoms with E-state index >= 15 is 0 Å². The van der Waals surface area contributed by atoms with Gasteiger partial charge in [0.2, 0.25) is 0 Å². The minimum atomic E-state index is 0.745. The lowest BCUT2D eigenvalue weighted by Gasteiger charge is -2.10. The quantitative estimate of drug-likeness (QED) is 0.816. The average Bonchev–Trinajstić information content (AvgIpc) is 3.00. The maximum absolute atomic E-state index is 4.50. The normalized spacial score (nSPS) is 15.7. The maximum Gasteiger partial charge on any atom is 0.128 e. The van der Waals surface area contributed by atoms with Gasteiger partial charge in [-0.05, 0) is 26.7 Å². The van der Waals surface area contributed by atoms with Crippen LogP contribution in [-0.2, 0) is 13.0 Å². The highest BCUT2D eigenvalue weighted by Gasteiger charge is 2.21. The van der Waals surface area contributed by atoms with E-state index in [4.69, 9.17) is 0 Å². The zero-order chi connectivity index (χ0) is 10.8. The van der Waals surface area contributed by atoms with Gasteiger partial charge in [0.25, 0.3) is 0 Å². The molecule has 1 aromatic heterocycles. The monoisotopic (exact) mass is 205 g/mol. The molecule has 0 spiro atoms. The molecule has 0 aliphatic heterocycles. The highest BCUT2D eigenvalue weighted by atomic mass is 15.0. The van der Waals surface area contributed by atoms with Crippen molar-refractivity contribution < 1.29 is 0 Å². The van der Waals surface area contributed by atoms with Crippen LogP contribution in [-0.4, -0.2) is 16.0 Å². The molecule has 1 aromatic rings. The summed E-state index contributed by atoms with van der Waals surface area (Å²) < 4.78 is 0. The lowest BCUT2D eigenvalue weighted by atomic mass is 10.1. The van der Waals surface area contributed by atoms with Gasteiger partial charge in [-0.15, -0.1) is 0 Å². The lowest BCUT2D eigenvalue weighted by Crippen LogP contribution is -2.18. The molecule has 0 aromatic carbocycles. The van der Waals surface area contributed by atoms with Gasteiger partial charge in [0, 0.05) is 36.0 Å². The van der Waals surface area contributed by atoms with Crippen LogP contribution < -0.4 is 5.32 Å². The minimum absolute atomic E-state index is 0.745. The molecule has 1 N–H and O–H groups in total. The van der Waals surface area contributed by atoms with E-state index in [0.29, 0.717) is 0 Å². The molecule has 1 heterocycles. The third-order valence-corrected chi connectivity index (χ3v) is 2.93. The summed E-state index contributed by atoms with van der Waals surface area (Å²) >= 11 is 0. The van der Waals surface area contributed by atoms with E-state index in [1.807, 2.05) is 0 Å². The summed E-state index contributed by atoms with van der Waals surface area (Å²) in [5.41, 5.74) is 3.54. The molecule has 1 aliphatic rings. The van der Waals surface area contributed by atoms with Crippen LogP contribution in [0.4, 0.5) is 0 Å². The SMILES string of the molecule is CCc1nc(C)c(CNC2CC2)c(C)n1. The summed E-state index contributed by atoms with van der Waals surface area (Å²) in [5.74, 6) is 0.958. The lowest BCUT2D eigenvalue weighted by molar-refractivity contribution is 0.671. The van der Waals surface area contributed by atoms with Crippen LogP contribution in [0.3, 0.4) is 0 Å². The molecule has 1 fully saturated rings. The maximum atomic E-state index is 4.50. The Balaban J connectivity index is 2.13. The van der Waals surface area contributed by atoms with Gasteiger partial charge in [-0.1, -0.05) is 6.92 Å². The van der Waals surface area contributed by atoms with Crippen LogP contribution in [0, 0.1) is 13.8 Å². The van der Waals surface area contributed by atoms with Crippen LogP contribution in [0.5, 0.6) is 0 Å². The van der Waals surface area contributed by atoms with Gasteiger partial charge in [-0.3, -0.25) is 0 Å². The van der Waals surface area contributed by atoms with Crippen molar-refractivity contribution in [3.63, 3.8) is 0 Å². The number of rotatable bonds is 4. The predicted octanol–water partition coefficient (Wildman–Crippen LogP) is 1.91. The van der Waals surface area contributed by atoms with Crippen molar-refractivity contribution in [3.8, 4) is 0 Å². The second-order valence-electron chi connectivity index (χ2n) is 4.30. The first-order chi connectivity index (χ1) is 7.20. The molecular weight excluding hydrogens is 186 g/mol. The van der Waals surface area contributed by atoms with E-state index in [-0.39, 0.29) is 0 Å². The van der Waals surface area contributed by atoms with Crippen molar-refractivity contribution in [2.75, 3.05) is 0 Å². The zero-order valence-corrected chi connectivity index (χ0v) is 9.80. The molecule has 1 aliphatic carbocycles. The van der Waals surface area contributed by atoms with Gasteiger partial charge in [0.15, 0.2) is 0 Å². The van der Waals surface area contributed by atoms with Crippen molar-refractivity contribution in [1.82, 2.24) is 15.3 Å². The fraction of sp³-hybridized carbons (Fsp3) is 0.667. The third kappa shape index (κ3) is 2.53. The van der Waals surface area contributed by atoms with E-state index in [1.54, 1.807) is 0 Å². The molecule has 0 radical (unpaired) electrons. The second-order valence-corrected chi connectivity index (χ2v) is 4.30. The molecule has 2 rings (SSSR count). The Morgan fingerprint density at radius 1 is 1.20 bits per heavy atom. The summed E-state index contributed by atoms with van der Waals surface area (Å²) in [5, 5.41) is 3.51. The first kappa shape index (κ1) is 10.6. The fourth-order valence-electron chi connectivity index (χ4n) is 1.76. The van der Waals surface area contributed by atoms with E-state index in [2.05, 4.69) is 36.1 Å². The van der Waals surface area contributed by atoms with Gasteiger partial charge in [-0.25, -0.2) is 9.97 Å². The highest BCUT2D eigenvalue weighted by molar-refractivity contribution is 5.24. The van der Waals surface area contributed by atoms with Crippen molar-refractivity contribution >= 4 is 0 Å². The number of nitrogens with zero attached hydrogens (tertiary/aromatic N) is 2. The Hall–Kier alpha value is -0.960. The van der Waals surface area contributed by atoms with Gasteiger partial charge < -0.3 is 5.32 Å². The summed E-state index contributed by atoms with van der Waals surface area (Å²) in [6.07, 6.45) is 3.57. The summed E-state index contributed by atoms with van der Waals surface area (Å²) in [7, 11) is 0. The van der Waals surface area contributed by atoms with Gasteiger partial charge in [-0.2, -0.15) is 0 Å². The van der Waals surface area contributed by atoms with E-state index in [0.717, 1.165) is 36.2 Å². The molecule has 0 saturated heterocycles. The Morgan fingerprint density at radius 3 is 2.27 bits per heavy atom. The van der Waals surface area contributed by atoms with Gasteiger partial charge >= 0.3 is 0 Å². The van der Waals surface area contributed by atoms with Crippen LogP contribution in [0.2, 0.25) is 0 Å².